The quantitative estimate of drug-likeness (QED) is 0.476. The number of halogens is 3. The maximum Gasteiger partial charge on any atom is 0.430 e. The number of carbonyl (C=O) groups excluding carboxylic acids is 2. The number of quaternary nitrogens is 1. The molecule has 1 amide bonds. The molecule has 3 saturated heterocycles. The Balaban J connectivity index is 0.000000431. The van der Waals surface area contributed by atoms with Crippen molar-refractivity contribution in [2.75, 3.05) is 26.2 Å². The van der Waals surface area contributed by atoms with Crippen LogP contribution in [0, 0.1) is 11.8 Å². The number of piperidine rings is 3. The zero-order chi connectivity index (χ0) is 29.0. The predicted molar refractivity (Wildman–Crippen MR) is 146 cm³/mol. The van der Waals surface area contributed by atoms with Crippen LogP contribution in [-0.2, 0) is 9.59 Å². The Morgan fingerprint density at radius 2 is 1.46 bits per heavy atom. The molecule has 4 aliphatic heterocycles. The van der Waals surface area contributed by atoms with Crippen molar-refractivity contribution >= 4 is 11.9 Å². The Kier molecular flexibility index (Phi) is 8.92. The van der Waals surface area contributed by atoms with E-state index >= 15 is 0 Å². The maximum absolute atomic E-state index is 13.8. The number of nitrogens with zero attached hydrogens (tertiary/aromatic N) is 1. The lowest BCUT2D eigenvalue weighted by atomic mass is 9.80. The van der Waals surface area contributed by atoms with E-state index in [0.717, 1.165) is 35.1 Å². The molecule has 4 fully saturated rings. The Bertz CT molecular complexity index is 1170. The number of fused-ring (bicyclic) bond motifs is 5. The molecule has 0 radical (unpaired) electrons. The van der Waals surface area contributed by atoms with Crippen LogP contribution in [0.4, 0.5) is 13.2 Å². The highest BCUT2D eigenvalue weighted by atomic mass is 19.4. The van der Waals surface area contributed by atoms with Gasteiger partial charge >= 0.3 is 6.18 Å². The van der Waals surface area contributed by atoms with Gasteiger partial charge in [-0.3, -0.25) is 4.79 Å². The lowest BCUT2D eigenvalue weighted by molar-refractivity contribution is -0.944. The van der Waals surface area contributed by atoms with Gasteiger partial charge in [0.1, 0.15) is 17.5 Å². The summed E-state index contributed by atoms with van der Waals surface area (Å²) in [5.41, 5.74) is 1.97. The number of carboxylic acids is 1. The number of benzene rings is 2. The molecule has 9 heteroatoms. The number of amides is 1. The largest absolute Gasteiger partial charge is 0.542 e. The first-order chi connectivity index (χ1) is 19.7. The summed E-state index contributed by atoms with van der Waals surface area (Å²) in [4.78, 5) is 22.6. The minimum absolute atomic E-state index is 0.141. The first kappa shape index (κ1) is 29.4. The highest BCUT2D eigenvalue weighted by Gasteiger charge is 2.47. The zero-order valence-electron chi connectivity index (χ0n) is 23.3. The fourth-order valence-electron chi connectivity index (χ4n) is 7.41. The van der Waals surface area contributed by atoms with Crippen molar-refractivity contribution in [3.63, 3.8) is 0 Å². The highest BCUT2D eigenvalue weighted by Crippen LogP contribution is 2.44. The third-order valence-corrected chi connectivity index (χ3v) is 9.57. The molecule has 0 spiro atoms. The van der Waals surface area contributed by atoms with Gasteiger partial charge in [-0.1, -0.05) is 68.5 Å². The number of carboxylic acid groups (broad SMARTS) is 1. The van der Waals surface area contributed by atoms with Gasteiger partial charge in [-0.15, -0.1) is 0 Å². The van der Waals surface area contributed by atoms with E-state index in [1.807, 2.05) is 48.5 Å². The van der Waals surface area contributed by atoms with E-state index in [2.05, 4.69) is 5.32 Å². The van der Waals surface area contributed by atoms with E-state index in [1.54, 1.807) is 0 Å². The van der Waals surface area contributed by atoms with Crippen LogP contribution in [0.1, 0.15) is 74.8 Å². The molecule has 0 aromatic heterocycles. The Labute approximate surface area is 239 Å². The van der Waals surface area contributed by atoms with Crippen molar-refractivity contribution in [3.05, 3.63) is 59.7 Å². The number of nitrogens with one attached hydrogen (secondary N) is 1. The summed E-state index contributed by atoms with van der Waals surface area (Å²) in [6.45, 7) is 5.04. The smallest absolute Gasteiger partial charge is 0.430 e. The molecule has 1 saturated carbocycles. The molecular weight excluding hydrogens is 533 g/mol. The molecule has 2 aromatic carbocycles. The fourth-order valence-corrected chi connectivity index (χ4v) is 7.41. The second-order valence-electron chi connectivity index (χ2n) is 12.2. The lowest BCUT2D eigenvalue weighted by Crippen LogP contribution is -2.67. The summed E-state index contributed by atoms with van der Waals surface area (Å²) >= 11 is 0. The minimum atomic E-state index is -5.19. The number of carbonyl (C=O) groups is 2. The van der Waals surface area contributed by atoms with Crippen LogP contribution in [0.2, 0.25) is 0 Å². The number of rotatable bonds is 6. The van der Waals surface area contributed by atoms with Gasteiger partial charge < -0.3 is 24.4 Å². The van der Waals surface area contributed by atoms with Crippen LogP contribution < -0.4 is 15.2 Å². The van der Waals surface area contributed by atoms with Gasteiger partial charge in [-0.25, -0.2) is 0 Å². The number of alkyl halides is 3. The van der Waals surface area contributed by atoms with Crippen LogP contribution >= 0.6 is 0 Å². The fraction of sp³-hybridized carbons (Fsp3) is 0.562. The zero-order valence-corrected chi connectivity index (χ0v) is 23.3. The second-order valence-corrected chi connectivity index (χ2v) is 12.2. The molecule has 1 aliphatic carbocycles. The monoisotopic (exact) mass is 572 g/mol. The lowest BCUT2D eigenvalue weighted by Gasteiger charge is -2.53. The van der Waals surface area contributed by atoms with Crippen LogP contribution in [0.25, 0.3) is 0 Å². The van der Waals surface area contributed by atoms with Gasteiger partial charge in [0.15, 0.2) is 0 Å². The van der Waals surface area contributed by atoms with Crippen molar-refractivity contribution in [2.45, 2.75) is 75.9 Å². The third-order valence-electron chi connectivity index (χ3n) is 9.57. The molecule has 2 aromatic rings. The van der Waals surface area contributed by atoms with Gasteiger partial charge in [-0.05, 0) is 36.8 Å². The van der Waals surface area contributed by atoms with E-state index < -0.39 is 12.1 Å². The van der Waals surface area contributed by atoms with Crippen LogP contribution in [-0.4, -0.2) is 54.8 Å². The number of hydrogen-bond acceptors (Lipinski definition) is 4. The van der Waals surface area contributed by atoms with E-state index in [1.165, 1.54) is 81.9 Å². The van der Waals surface area contributed by atoms with Crippen molar-refractivity contribution in [2.24, 2.45) is 11.8 Å². The SMILES string of the molecule is O=C(N[C@H]1C[N+]2(CCCC3CCCCC3)CCC1CC2)C1c2ccccc2Oc2ccccc21.O=C([O-])C(F)(F)F. The predicted octanol–water partition coefficient (Wildman–Crippen LogP) is 5.31. The number of ether oxygens (including phenoxy) is 1. The van der Waals surface area contributed by atoms with Crippen molar-refractivity contribution in [1.29, 1.82) is 0 Å². The Morgan fingerprint density at radius 1 is 0.902 bits per heavy atom. The van der Waals surface area contributed by atoms with Gasteiger partial charge in [0.2, 0.25) is 5.91 Å². The van der Waals surface area contributed by atoms with Crippen LogP contribution in [0.3, 0.4) is 0 Å². The van der Waals surface area contributed by atoms with Crippen molar-refractivity contribution < 1.29 is 37.1 Å². The van der Waals surface area contributed by atoms with Crippen molar-refractivity contribution in [1.82, 2.24) is 5.32 Å². The van der Waals surface area contributed by atoms with Gasteiger partial charge in [0.05, 0.1) is 38.1 Å². The number of para-hydroxylation sites is 2. The van der Waals surface area contributed by atoms with E-state index in [0.29, 0.717) is 12.0 Å². The molecule has 1 atom stereocenters. The summed E-state index contributed by atoms with van der Waals surface area (Å²) in [6, 6.07) is 16.3. The third kappa shape index (κ3) is 6.88. The van der Waals surface area contributed by atoms with E-state index in [9.17, 15) is 18.0 Å². The van der Waals surface area contributed by atoms with Crippen LogP contribution in [0.15, 0.2) is 48.5 Å². The summed E-state index contributed by atoms with van der Waals surface area (Å²) < 4.78 is 38.9. The standard InChI is InChI=1S/C30H38N2O2.C2HF3O2/c33-30(29-24-12-4-6-14-27(24)34-28-15-7-5-13-25(28)29)31-26-21-32(19-16-23(26)17-20-32)18-8-11-22-9-2-1-3-10-22;3-2(4,5)1(6)7/h4-7,12-15,22-23,26,29H,1-3,8-11,16-21H2;(H,6,7)/t23?,26-,32?;/m0./s1. The highest BCUT2D eigenvalue weighted by molar-refractivity contribution is 5.89. The molecular formula is C32H39F3N2O4. The number of aliphatic carboxylic acids is 1. The molecule has 5 aliphatic rings. The molecule has 7 rings (SSSR count). The summed E-state index contributed by atoms with van der Waals surface area (Å²) in [5, 5.41) is 12.3. The normalized spacial score (nSPS) is 25.6. The summed E-state index contributed by atoms with van der Waals surface area (Å²) in [5.74, 6) is 0.0557. The Hall–Kier alpha value is -3.07. The minimum Gasteiger partial charge on any atom is -0.542 e. The average molecular weight is 573 g/mol. The molecule has 1 N–H and O–H groups in total. The Morgan fingerprint density at radius 3 is 2.02 bits per heavy atom. The first-order valence-electron chi connectivity index (χ1n) is 14.9. The first-order valence-corrected chi connectivity index (χ1v) is 14.9. The molecule has 2 bridgehead atoms. The maximum atomic E-state index is 13.8. The van der Waals surface area contributed by atoms with E-state index in [-0.39, 0.29) is 11.8 Å². The topological polar surface area (TPSA) is 78.5 Å². The molecule has 41 heavy (non-hydrogen) atoms. The molecule has 4 heterocycles. The van der Waals surface area contributed by atoms with Crippen molar-refractivity contribution in [3.8, 4) is 11.5 Å². The second kappa shape index (κ2) is 12.4. The van der Waals surface area contributed by atoms with E-state index in [4.69, 9.17) is 14.6 Å². The molecule has 0 unspecified atom stereocenters. The molecule has 222 valence electrons. The van der Waals surface area contributed by atoms with Gasteiger partial charge in [0, 0.05) is 24.0 Å². The molecule has 6 nitrogen and oxygen atoms in total. The van der Waals surface area contributed by atoms with Crippen LogP contribution in [0.5, 0.6) is 11.5 Å². The summed E-state index contributed by atoms with van der Waals surface area (Å²) in [6.07, 6.45) is 7.33. The number of hydrogen-bond donors (Lipinski definition) is 1. The average Bonchev–Trinajstić information content (AvgIpc) is 2.96. The summed E-state index contributed by atoms with van der Waals surface area (Å²) in [7, 11) is 0. The van der Waals surface area contributed by atoms with Gasteiger partial charge in [0.25, 0.3) is 0 Å². The van der Waals surface area contributed by atoms with Gasteiger partial charge in [-0.2, -0.15) is 13.2 Å².